The minimum Gasteiger partial charge on any atom is -0.374 e. The predicted octanol–water partition coefficient (Wildman–Crippen LogP) is 13.3. The first-order chi connectivity index (χ1) is 31.6. The summed E-state index contributed by atoms with van der Waals surface area (Å²) in [6.45, 7) is 0. The average Bonchev–Trinajstić information content (AvgIpc) is 3.38. The highest BCUT2D eigenvalue weighted by atomic mass is 15.0. The summed E-state index contributed by atoms with van der Waals surface area (Å²) >= 11 is 0. The molecule has 0 amide bonds. The summed E-state index contributed by atoms with van der Waals surface area (Å²) < 4.78 is 0. The van der Waals surface area contributed by atoms with E-state index in [9.17, 15) is 0 Å². The Bertz CT molecular complexity index is 3380. The summed E-state index contributed by atoms with van der Waals surface area (Å²) in [6.07, 6.45) is 15.6. The van der Waals surface area contributed by atoms with E-state index in [1.807, 2.05) is 54.6 Å². The lowest BCUT2D eigenvalue weighted by molar-refractivity contribution is 0.815. The fraction of sp³-hybridized carbons (Fsp3) is 0.0345. The Labute approximate surface area is 371 Å². The zero-order chi connectivity index (χ0) is 42.4. The van der Waals surface area contributed by atoms with Crippen LogP contribution in [0.3, 0.4) is 0 Å². The number of fused-ring (bicyclic) bond motifs is 5. The topological polar surface area (TPSA) is 75.6 Å². The largest absolute Gasteiger partial charge is 0.374 e. The summed E-state index contributed by atoms with van der Waals surface area (Å²) in [6, 6.07) is 61.1. The zero-order valence-electron chi connectivity index (χ0n) is 34.7. The SMILES string of the molecule is C1=CC2=CC=C(c3ccc4ccc(-c5cc(-c6ccccc6)nc(-c6ccccc6)n5)nc4c3)NC2C=C1c1cccc(-c2ccc3ccc4c(c3n2)NC(c2ccccc2)C=C4)c1. The Morgan fingerprint density at radius 3 is 2.00 bits per heavy atom. The van der Waals surface area contributed by atoms with E-state index in [0.29, 0.717) is 5.82 Å². The summed E-state index contributed by atoms with van der Waals surface area (Å²) in [5.41, 5.74) is 17.4. The van der Waals surface area contributed by atoms with Crippen LogP contribution in [0.25, 0.3) is 84.4 Å². The second-order valence-electron chi connectivity index (χ2n) is 16.4. The number of anilines is 1. The van der Waals surface area contributed by atoms with Gasteiger partial charge in [-0.15, -0.1) is 0 Å². The van der Waals surface area contributed by atoms with Crippen LogP contribution in [-0.4, -0.2) is 26.0 Å². The highest BCUT2D eigenvalue weighted by Gasteiger charge is 2.22. The molecule has 302 valence electrons. The van der Waals surface area contributed by atoms with Crippen molar-refractivity contribution in [2.45, 2.75) is 12.1 Å². The van der Waals surface area contributed by atoms with Crippen LogP contribution in [0.15, 0.2) is 218 Å². The molecule has 3 aliphatic rings. The van der Waals surface area contributed by atoms with Gasteiger partial charge in [0.05, 0.1) is 51.6 Å². The minimum atomic E-state index is 0.00878. The van der Waals surface area contributed by atoms with Crippen LogP contribution < -0.4 is 10.6 Å². The third kappa shape index (κ3) is 7.07. The summed E-state index contributed by atoms with van der Waals surface area (Å²) in [4.78, 5) is 20.5. The summed E-state index contributed by atoms with van der Waals surface area (Å²) in [5.74, 6) is 0.670. The first-order valence-electron chi connectivity index (χ1n) is 21.7. The van der Waals surface area contributed by atoms with Crippen molar-refractivity contribution in [3.05, 3.63) is 240 Å². The number of hydrogen-bond donors (Lipinski definition) is 2. The van der Waals surface area contributed by atoms with Gasteiger partial charge in [0.25, 0.3) is 0 Å². The van der Waals surface area contributed by atoms with Crippen molar-refractivity contribution >= 4 is 44.8 Å². The molecule has 2 atom stereocenters. The van der Waals surface area contributed by atoms with Crippen molar-refractivity contribution in [3.63, 3.8) is 0 Å². The van der Waals surface area contributed by atoms with Crippen LogP contribution in [-0.2, 0) is 0 Å². The van der Waals surface area contributed by atoms with Gasteiger partial charge in [0.1, 0.15) is 0 Å². The van der Waals surface area contributed by atoms with Gasteiger partial charge in [-0.25, -0.2) is 19.9 Å². The number of nitrogens with zero attached hydrogens (tertiary/aromatic N) is 4. The Hall–Kier alpha value is -8.48. The molecule has 5 heterocycles. The van der Waals surface area contributed by atoms with Crippen LogP contribution in [0.5, 0.6) is 0 Å². The molecule has 9 aromatic rings. The van der Waals surface area contributed by atoms with Crippen LogP contribution in [0.1, 0.15) is 28.3 Å². The number of rotatable bonds is 7. The van der Waals surface area contributed by atoms with E-state index in [-0.39, 0.29) is 12.1 Å². The first-order valence-corrected chi connectivity index (χ1v) is 21.7. The minimum absolute atomic E-state index is 0.00878. The molecule has 2 aliphatic heterocycles. The molecule has 12 rings (SSSR count). The van der Waals surface area contributed by atoms with Gasteiger partial charge in [-0.2, -0.15) is 0 Å². The van der Waals surface area contributed by atoms with Gasteiger partial charge in [-0.1, -0.05) is 182 Å². The lowest BCUT2D eigenvalue weighted by Crippen LogP contribution is -2.30. The van der Waals surface area contributed by atoms with Gasteiger partial charge in [0.2, 0.25) is 0 Å². The van der Waals surface area contributed by atoms with Crippen molar-refractivity contribution in [1.82, 2.24) is 25.3 Å². The molecule has 0 saturated carbocycles. The van der Waals surface area contributed by atoms with E-state index < -0.39 is 0 Å². The number of allylic oxidation sites excluding steroid dienone is 4. The van der Waals surface area contributed by atoms with E-state index in [2.05, 4.69) is 174 Å². The molecule has 64 heavy (non-hydrogen) atoms. The third-order valence-corrected chi connectivity index (χ3v) is 12.3. The smallest absolute Gasteiger partial charge is 0.160 e. The van der Waals surface area contributed by atoms with Crippen LogP contribution in [0, 0.1) is 0 Å². The van der Waals surface area contributed by atoms with E-state index in [1.54, 1.807) is 0 Å². The standard InChI is InChI=1S/C58H40N6/c1-4-11-37(12-5-1)48-30-27-41-21-22-42-28-31-50(62-57(42)56(41)61-48)46-18-10-17-44(33-46)45-23-19-39-25-29-49(59-52(39)34-45)47-24-20-40-26-32-51(60-53(40)35-47)55-36-54(38-13-6-2-7-14-38)63-58(64-55)43-15-8-3-9-16-43/h1-36,48,52,59,61H. The monoisotopic (exact) mass is 820 g/mol. The Morgan fingerprint density at radius 2 is 1.14 bits per heavy atom. The zero-order valence-corrected chi connectivity index (χ0v) is 34.7. The maximum Gasteiger partial charge on any atom is 0.160 e. The van der Waals surface area contributed by atoms with Crippen LogP contribution >= 0.6 is 0 Å². The molecule has 6 nitrogen and oxygen atoms in total. The molecule has 2 N–H and O–H groups in total. The van der Waals surface area contributed by atoms with Gasteiger partial charge < -0.3 is 10.6 Å². The van der Waals surface area contributed by atoms with Crippen molar-refractivity contribution < 1.29 is 0 Å². The molecular formula is C58H40N6. The molecular weight excluding hydrogens is 781 g/mol. The number of dihydropyridines is 1. The Kier molecular flexibility index (Phi) is 9.19. The van der Waals surface area contributed by atoms with Gasteiger partial charge in [-0.3, -0.25) is 0 Å². The fourth-order valence-corrected chi connectivity index (χ4v) is 8.92. The molecule has 2 unspecified atom stereocenters. The molecule has 6 aromatic carbocycles. The van der Waals surface area contributed by atoms with Crippen molar-refractivity contribution in [3.8, 4) is 45.3 Å². The third-order valence-electron chi connectivity index (χ3n) is 12.3. The molecule has 0 fully saturated rings. The van der Waals surface area contributed by atoms with Crippen LogP contribution in [0.4, 0.5) is 5.69 Å². The van der Waals surface area contributed by atoms with Gasteiger partial charge in [0, 0.05) is 33.2 Å². The highest BCUT2D eigenvalue weighted by molar-refractivity contribution is 5.98. The molecule has 0 saturated heterocycles. The van der Waals surface area contributed by atoms with Crippen LogP contribution in [0.2, 0.25) is 0 Å². The van der Waals surface area contributed by atoms with Gasteiger partial charge in [0.15, 0.2) is 5.82 Å². The maximum absolute atomic E-state index is 5.28. The van der Waals surface area contributed by atoms with Crippen molar-refractivity contribution in [2.75, 3.05) is 5.32 Å². The van der Waals surface area contributed by atoms with E-state index in [0.717, 1.165) is 94.9 Å². The molecule has 6 heteroatoms. The van der Waals surface area contributed by atoms with E-state index >= 15 is 0 Å². The predicted molar refractivity (Wildman–Crippen MR) is 263 cm³/mol. The number of aromatic nitrogens is 4. The molecule has 1 aliphatic carbocycles. The Balaban J connectivity index is 0.821. The lowest BCUT2D eigenvalue weighted by atomic mass is 9.90. The maximum atomic E-state index is 5.28. The summed E-state index contributed by atoms with van der Waals surface area (Å²) in [5, 5.41) is 9.79. The molecule has 0 radical (unpaired) electrons. The second-order valence-corrected chi connectivity index (χ2v) is 16.4. The molecule has 0 bridgehead atoms. The van der Waals surface area contributed by atoms with E-state index in [4.69, 9.17) is 19.9 Å². The molecule has 0 spiro atoms. The summed E-state index contributed by atoms with van der Waals surface area (Å²) in [7, 11) is 0. The second kappa shape index (κ2) is 15.8. The van der Waals surface area contributed by atoms with Crippen molar-refractivity contribution in [1.29, 1.82) is 0 Å². The quantitative estimate of drug-likeness (QED) is 0.167. The normalized spacial score (nSPS) is 16.2. The highest BCUT2D eigenvalue weighted by Crippen LogP contribution is 2.37. The number of nitrogens with one attached hydrogen (secondary N) is 2. The Morgan fingerprint density at radius 1 is 0.422 bits per heavy atom. The average molecular weight is 821 g/mol. The first kappa shape index (κ1) is 37.3. The van der Waals surface area contributed by atoms with Gasteiger partial charge in [-0.05, 0) is 69.8 Å². The fourth-order valence-electron chi connectivity index (χ4n) is 8.92. The number of hydrogen-bond acceptors (Lipinski definition) is 6. The number of benzene rings is 6. The molecule has 3 aromatic heterocycles. The van der Waals surface area contributed by atoms with Gasteiger partial charge >= 0.3 is 0 Å². The van der Waals surface area contributed by atoms with E-state index in [1.165, 1.54) is 11.1 Å². The lowest BCUT2D eigenvalue weighted by Gasteiger charge is -2.27. The van der Waals surface area contributed by atoms with Crippen molar-refractivity contribution in [2.24, 2.45) is 0 Å². The number of pyridine rings is 2.